The van der Waals surface area contributed by atoms with E-state index in [9.17, 15) is 4.79 Å². The van der Waals surface area contributed by atoms with E-state index in [0.29, 0.717) is 13.1 Å². The minimum absolute atomic E-state index is 0.551. The van der Waals surface area contributed by atoms with Crippen LogP contribution in [0.3, 0.4) is 0 Å². The minimum Gasteiger partial charge on any atom is -0.478 e. The van der Waals surface area contributed by atoms with Crippen LogP contribution in [0.15, 0.2) is 48.2 Å². The van der Waals surface area contributed by atoms with E-state index in [-0.39, 0.29) is 0 Å². The van der Waals surface area contributed by atoms with Gasteiger partial charge in [-0.25, -0.2) is 4.79 Å². The number of carbonyl (C=O) groups is 1. The van der Waals surface area contributed by atoms with Gasteiger partial charge in [-0.2, -0.15) is 0 Å². The first-order valence-electron chi connectivity index (χ1n) is 6.10. The van der Waals surface area contributed by atoms with Crippen molar-refractivity contribution in [3.05, 3.63) is 53.7 Å². The molecule has 98 valence electrons. The summed E-state index contributed by atoms with van der Waals surface area (Å²) in [5.74, 6) is -0.911. The predicted molar refractivity (Wildman–Crippen MR) is 74.8 cm³/mol. The number of para-hydroxylation sites is 1. The molecule has 0 amide bonds. The zero-order chi connectivity index (χ0) is 13.7. The lowest BCUT2D eigenvalue weighted by atomic mass is 10.1. The van der Waals surface area contributed by atoms with E-state index in [1.165, 1.54) is 6.08 Å². The molecule has 0 aliphatic carbocycles. The van der Waals surface area contributed by atoms with E-state index in [0.717, 1.165) is 22.0 Å². The van der Waals surface area contributed by atoms with Gasteiger partial charge in [0.2, 0.25) is 0 Å². The molecule has 0 atom stereocenters. The van der Waals surface area contributed by atoms with Crippen molar-refractivity contribution in [2.24, 2.45) is 0 Å². The number of rotatable bonds is 5. The predicted octanol–water partition coefficient (Wildman–Crippen LogP) is 2.36. The van der Waals surface area contributed by atoms with Crippen LogP contribution in [-0.2, 0) is 11.3 Å². The Balaban J connectivity index is 2.04. The van der Waals surface area contributed by atoms with Crippen molar-refractivity contribution in [2.45, 2.75) is 13.5 Å². The molecule has 1 heterocycles. The fourth-order valence-electron chi connectivity index (χ4n) is 1.97. The van der Waals surface area contributed by atoms with Crippen molar-refractivity contribution >= 4 is 16.9 Å². The number of hydrogen-bond acceptors (Lipinski definition) is 3. The lowest BCUT2D eigenvalue weighted by Gasteiger charge is -2.07. The number of nitrogens with one attached hydrogen (secondary N) is 1. The van der Waals surface area contributed by atoms with Crippen molar-refractivity contribution in [1.29, 1.82) is 0 Å². The first-order valence-corrected chi connectivity index (χ1v) is 6.10. The van der Waals surface area contributed by atoms with Crippen molar-refractivity contribution in [1.82, 2.24) is 10.3 Å². The highest BCUT2D eigenvalue weighted by Gasteiger charge is 2.01. The number of carboxylic acids is 1. The standard InChI is InChI=1S/C15H16N2O2/c1-11(8-14(18)19)9-16-10-13-5-2-4-12-6-3-7-17-15(12)13/h2-8,16H,9-10H2,1H3,(H,18,19)/b11-8-. The van der Waals surface area contributed by atoms with E-state index in [4.69, 9.17) is 5.11 Å². The molecule has 2 aromatic rings. The molecule has 2 rings (SSSR count). The van der Waals surface area contributed by atoms with Gasteiger partial charge in [0, 0.05) is 30.7 Å². The molecule has 19 heavy (non-hydrogen) atoms. The summed E-state index contributed by atoms with van der Waals surface area (Å²) < 4.78 is 0. The van der Waals surface area contributed by atoms with Crippen LogP contribution < -0.4 is 5.32 Å². The molecule has 0 fully saturated rings. The van der Waals surface area contributed by atoms with Gasteiger partial charge in [-0.15, -0.1) is 0 Å². The monoisotopic (exact) mass is 256 g/mol. The fourth-order valence-corrected chi connectivity index (χ4v) is 1.97. The second kappa shape index (κ2) is 6.11. The maximum atomic E-state index is 10.5. The smallest absolute Gasteiger partial charge is 0.328 e. The summed E-state index contributed by atoms with van der Waals surface area (Å²) >= 11 is 0. The SMILES string of the molecule is C/C(=C/C(=O)O)CNCc1cccc2cccnc12. The number of carboxylic acid groups (broad SMARTS) is 1. The first-order chi connectivity index (χ1) is 9.16. The van der Waals surface area contributed by atoms with Crippen molar-refractivity contribution < 1.29 is 9.90 Å². The zero-order valence-electron chi connectivity index (χ0n) is 10.8. The van der Waals surface area contributed by atoms with Crippen LogP contribution in [0.4, 0.5) is 0 Å². The molecule has 0 saturated heterocycles. The molecular formula is C15H16N2O2. The molecule has 0 unspecified atom stereocenters. The Bertz CT molecular complexity index is 615. The average molecular weight is 256 g/mol. The Morgan fingerprint density at radius 1 is 1.37 bits per heavy atom. The number of aromatic nitrogens is 1. The Morgan fingerprint density at radius 3 is 2.95 bits per heavy atom. The summed E-state index contributed by atoms with van der Waals surface area (Å²) in [7, 11) is 0. The number of pyridine rings is 1. The minimum atomic E-state index is -0.911. The Hall–Kier alpha value is -2.20. The number of aliphatic carboxylic acids is 1. The normalized spacial score (nSPS) is 11.7. The van der Waals surface area contributed by atoms with Crippen LogP contribution in [0.25, 0.3) is 10.9 Å². The average Bonchev–Trinajstić information content (AvgIpc) is 2.38. The highest BCUT2D eigenvalue weighted by atomic mass is 16.4. The van der Waals surface area contributed by atoms with Crippen LogP contribution in [0.1, 0.15) is 12.5 Å². The van der Waals surface area contributed by atoms with E-state index in [1.807, 2.05) is 30.3 Å². The van der Waals surface area contributed by atoms with Gasteiger partial charge in [-0.3, -0.25) is 4.98 Å². The summed E-state index contributed by atoms with van der Waals surface area (Å²) in [6.45, 7) is 3.01. The molecule has 0 spiro atoms. The molecule has 0 saturated carbocycles. The van der Waals surface area contributed by atoms with E-state index in [2.05, 4.69) is 10.3 Å². The lowest BCUT2D eigenvalue weighted by molar-refractivity contribution is -0.131. The summed E-state index contributed by atoms with van der Waals surface area (Å²) in [6.07, 6.45) is 3.00. The van der Waals surface area contributed by atoms with Crippen LogP contribution in [0.2, 0.25) is 0 Å². The topological polar surface area (TPSA) is 62.2 Å². The van der Waals surface area contributed by atoms with Gasteiger partial charge in [0.25, 0.3) is 0 Å². The third-order valence-corrected chi connectivity index (χ3v) is 2.81. The van der Waals surface area contributed by atoms with Crippen molar-refractivity contribution in [3.63, 3.8) is 0 Å². The van der Waals surface area contributed by atoms with Gasteiger partial charge < -0.3 is 10.4 Å². The molecular weight excluding hydrogens is 240 g/mol. The lowest BCUT2D eigenvalue weighted by Crippen LogP contribution is -2.16. The molecule has 1 aromatic heterocycles. The Labute approximate surface area is 111 Å². The second-order valence-corrected chi connectivity index (χ2v) is 4.42. The van der Waals surface area contributed by atoms with Gasteiger partial charge in [0.15, 0.2) is 0 Å². The van der Waals surface area contributed by atoms with Crippen LogP contribution in [-0.4, -0.2) is 22.6 Å². The van der Waals surface area contributed by atoms with Crippen molar-refractivity contribution in [2.75, 3.05) is 6.54 Å². The van der Waals surface area contributed by atoms with Gasteiger partial charge in [-0.05, 0) is 18.6 Å². The highest BCUT2D eigenvalue weighted by molar-refractivity contribution is 5.81. The van der Waals surface area contributed by atoms with Gasteiger partial charge in [0.05, 0.1) is 5.52 Å². The largest absolute Gasteiger partial charge is 0.478 e. The fraction of sp³-hybridized carbons (Fsp3) is 0.200. The van der Waals surface area contributed by atoms with E-state index in [1.54, 1.807) is 13.1 Å². The first kappa shape index (κ1) is 13.2. The Kier molecular flexibility index (Phi) is 4.26. The number of fused-ring (bicyclic) bond motifs is 1. The molecule has 0 bridgehead atoms. The molecule has 0 aliphatic heterocycles. The van der Waals surface area contributed by atoms with Gasteiger partial charge in [0.1, 0.15) is 0 Å². The molecule has 2 N–H and O–H groups in total. The highest BCUT2D eigenvalue weighted by Crippen LogP contribution is 2.15. The number of nitrogens with zero attached hydrogens (tertiary/aromatic N) is 1. The molecule has 1 aromatic carbocycles. The third-order valence-electron chi connectivity index (χ3n) is 2.81. The van der Waals surface area contributed by atoms with Crippen molar-refractivity contribution in [3.8, 4) is 0 Å². The van der Waals surface area contributed by atoms with E-state index < -0.39 is 5.97 Å². The molecule has 4 heteroatoms. The van der Waals surface area contributed by atoms with Crippen LogP contribution in [0, 0.1) is 0 Å². The van der Waals surface area contributed by atoms with Gasteiger partial charge in [-0.1, -0.05) is 29.8 Å². The number of benzene rings is 1. The summed E-state index contributed by atoms with van der Waals surface area (Å²) in [6, 6.07) is 10.0. The quantitative estimate of drug-likeness (QED) is 0.806. The van der Waals surface area contributed by atoms with Gasteiger partial charge >= 0.3 is 5.97 Å². The summed E-state index contributed by atoms with van der Waals surface area (Å²) in [5, 5.41) is 13.0. The molecule has 0 aliphatic rings. The Morgan fingerprint density at radius 2 is 2.16 bits per heavy atom. The van der Waals surface area contributed by atoms with Crippen LogP contribution in [0.5, 0.6) is 0 Å². The third kappa shape index (κ3) is 3.63. The molecule has 4 nitrogen and oxygen atoms in total. The number of hydrogen-bond donors (Lipinski definition) is 2. The zero-order valence-corrected chi connectivity index (χ0v) is 10.8. The summed E-state index contributed by atoms with van der Waals surface area (Å²) in [5.41, 5.74) is 2.89. The molecule has 0 radical (unpaired) electrons. The van der Waals surface area contributed by atoms with Crippen LogP contribution >= 0.6 is 0 Å². The van der Waals surface area contributed by atoms with E-state index >= 15 is 0 Å². The second-order valence-electron chi connectivity index (χ2n) is 4.42. The maximum Gasteiger partial charge on any atom is 0.328 e. The summed E-state index contributed by atoms with van der Waals surface area (Å²) in [4.78, 5) is 14.9. The maximum absolute atomic E-state index is 10.5.